The van der Waals surface area contributed by atoms with E-state index in [0.717, 1.165) is 25.0 Å². The van der Waals surface area contributed by atoms with Gasteiger partial charge in [0.2, 0.25) is 11.8 Å². The van der Waals surface area contributed by atoms with Crippen molar-refractivity contribution in [3.05, 3.63) is 28.8 Å². The number of nitrogens with zero attached hydrogens (tertiary/aromatic N) is 2. The fraction of sp³-hybridized carbons (Fsp3) is 0.450. The van der Waals surface area contributed by atoms with Gasteiger partial charge in [-0.15, -0.1) is 11.3 Å². The van der Waals surface area contributed by atoms with Crippen LogP contribution in [0, 0.1) is 5.92 Å². The first-order valence-electron chi connectivity index (χ1n) is 9.41. The van der Waals surface area contributed by atoms with E-state index in [4.69, 9.17) is 9.47 Å². The van der Waals surface area contributed by atoms with Crippen molar-refractivity contribution in [2.24, 2.45) is 5.92 Å². The first-order valence-corrected chi connectivity index (χ1v) is 10.2. The Morgan fingerprint density at radius 2 is 2.07 bits per heavy atom. The molecule has 0 unspecified atom stereocenters. The molecule has 4 rings (SSSR count). The third kappa shape index (κ3) is 3.56. The maximum absolute atomic E-state index is 12.7. The average Bonchev–Trinajstić information content (AvgIpc) is 3.30. The number of benzene rings is 1. The van der Waals surface area contributed by atoms with Gasteiger partial charge in [-0.05, 0) is 37.8 Å². The van der Waals surface area contributed by atoms with E-state index >= 15 is 0 Å². The lowest BCUT2D eigenvalue weighted by atomic mass is 10.0. The molecule has 1 aromatic carbocycles. The largest absolute Gasteiger partial charge is 0.497 e. The summed E-state index contributed by atoms with van der Waals surface area (Å²) in [7, 11) is 3.12. The van der Waals surface area contributed by atoms with Crippen LogP contribution in [0.2, 0.25) is 0 Å². The van der Waals surface area contributed by atoms with Crippen molar-refractivity contribution in [3.63, 3.8) is 0 Å². The summed E-state index contributed by atoms with van der Waals surface area (Å²) in [6.07, 6.45) is 4.52. The van der Waals surface area contributed by atoms with Gasteiger partial charge < -0.3 is 19.7 Å². The van der Waals surface area contributed by atoms with E-state index in [-0.39, 0.29) is 18.2 Å². The summed E-state index contributed by atoms with van der Waals surface area (Å²) in [5.74, 6) is 0.521. The predicted octanol–water partition coefficient (Wildman–Crippen LogP) is 3.03. The topological polar surface area (TPSA) is 80.8 Å². The van der Waals surface area contributed by atoms with Crippen molar-refractivity contribution in [2.75, 3.05) is 31.0 Å². The molecule has 0 spiro atoms. The smallest absolute Gasteiger partial charge is 0.231 e. The molecule has 0 bridgehead atoms. The first-order chi connectivity index (χ1) is 13.6. The second-order valence-corrected chi connectivity index (χ2v) is 8.11. The highest BCUT2D eigenvalue weighted by molar-refractivity contribution is 7.15. The van der Waals surface area contributed by atoms with Crippen molar-refractivity contribution < 1.29 is 19.1 Å². The van der Waals surface area contributed by atoms with Gasteiger partial charge in [0, 0.05) is 23.9 Å². The SMILES string of the molecule is COc1ccc(N2C[C@@H](C(=O)Nc3nc4c(s3)CCCC4)CC2=O)c(OC)c1. The zero-order valence-corrected chi connectivity index (χ0v) is 16.8. The third-order valence-corrected chi connectivity index (χ3v) is 6.32. The number of nitrogens with one attached hydrogen (secondary N) is 1. The fourth-order valence-corrected chi connectivity index (χ4v) is 4.79. The van der Waals surface area contributed by atoms with Crippen LogP contribution in [-0.4, -0.2) is 37.6 Å². The molecular formula is C20H23N3O4S. The summed E-state index contributed by atoms with van der Waals surface area (Å²) in [5.41, 5.74) is 1.76. The molecular weight excluding hydrogens is 378 g/mol. The molecule has 2 heterocycles. The molecule has 1 aliphatic heterocycles. The minimum absolute atomic E-state index is 0.0953. The van der Waals surface area contributed by atoms with Gasteiger partial charge in [-0.2, -0.15) is 0 Å². The normalized spacial score (nSPS) is 18.7. The van der Waals surface area contributed by atoms with E-state index in [9.17, 15) is 9.59 Å². The molecule has 2 aliphatic rings. The number of aryl methyl sites for hydroxylation is 2. The zero-order chi connectivity index (χ0) is 19.7. The third-order valence-electron chi connectivity index (χ3n) is 5.25. The van der Waals surface area contributed by atoms with E-state index in [1.54, 1.807) is 48.7 Å². The Morgan fingerprint density at radius 3 is 2.82 bits per heavy atom. The van der Waals surface area contributed by atoms with Crippen LogP contribution in [0.1, 0.15) is 29.8 Å². The Labute approximate surface area is 167 Å². The molecule has 8 heteroatoms. The Kier molecular flexibility index (Phi) is 5.21. The van der Waals surface area contributed by atoms with E-state index < -0.39 is 5.92 Å². The van der Waals surface area contributed by atoms with Gasteiger partial charge in [0.1, 0.15) is 11.5 Å². The van der Waals surface area contributed by atoms with Crippen molar-refractivity contribution in [2.45, 2.75) is 32.1 Å². The molecule has 1 fully saturated rings. The molecule has 0 radical (unpaired) electrons. The van der Waals surface area contributed by atoms with Crippen molar-refractivity contribution in [1.29, 1.82) is 0 Å². The minimum Gasteiger partial charge on any atom is -0.497 e. The standard InChI is InChI=1S/C20H23N3O4S/c1-26-13-7-8-15(16(10-13)27-2)23-11-12(9-18(23)24)19(25)22-20-21-14-5-3-4-6-17(14)28-20/h7-8,10,12H,3-6,9,11H2,1-2H3,(H,21,22,25)/t12-/m0/s1. The Morgan fingerprint density at radius 1 is 1.25 bits per heavy atom. The number of carbonyl (C=O) groups is 2. The highest BCUT2D eigenvalue weighted by Crippen LogP contribution is 2.36. The Hall–Kier alpha value is -2.61. The number of amides is 2. The van der Waals surface area contributed by atoms with Gasteiger partial charge in [0.05, 0.1) is 31.5 Å². The fourth-order valence-electron chi connectivity index (χ4n) is 3.74. The maximum atomic E-state index is 12.7. The van der Waals surface area contributed by atoms with Gasteiger partial charge in [-0.3, -0.25) is 9.59 Å². The summed E-state index contributed by atoms with van der Waals surface area (Å²) >= 11 is 1.56. The predicted molar refractivity (Wildman–Crippen MR) is 107 cm³/mol. The summed E-state index contributed by atoms with van der Waals surface area (Å²) in [4.78, 5) is 32.7. The maximum Gasteiger partial charge on any atom is 0.231 e. The number of carbonyl (C=O) groups excluding carboxylic acids is 2. The molecule has 28 heavy (non-hydrogen) atoms. The van der Waals surface area contributed by atoms with Crippen LogP contribution in [-0.2, 0) is 22.4 Å². The Bertz CT molecular complexity index is 887. The van der Waals surface area contributed by atoms with Gasteiger partial charge in [0.25, 0.3) is 0 Å². The van der Waals surface area contributed by atoms with Crippen LogP contribution in [0.15, 0.2) is 18.2 Å². The van der Waals surface area contributed by atoms with Crippen LogP contribution in [0.4, 0.5) is 10.8 Å². The van der Waals surface area contributed by atoms with E-state index in [1.807, 2.05) is 0 Å². The second kappa shape index (κ2) is 7.79. The van der Waals surface area contributed by atoms with Gasteiger partial charge in [-0.25, -0.2) is 4.98 Å². The van der Waals surface area contributed by atoms with Gasteiger partial charge >= 0.3 is 0 Å². The Balaban J connectivity index is 1.47. The summed E-state index contributed by atoms with van der Waals surface area (Å²) in [5, 5.41) is 3.56. The lowest BCUT2D eigenvalue weighted by Crippen LogP contribution is -2.28. The minimum atomic E-state index is -0.416. The molecule has 1 aliphatic carbocycles. The number of hydrogen-bond donors (Lipinski definition) is 1. The number of rotatable bonds is 5. The van der Waals surface area contributed by atoms with Crippen LogP contribution in [0.5, 0.6) is 11.5 Å². The van der Waals surface area contributed by atoms with Crippen molar-refractivity contribution in [1.82, 2.24) is 4.98 Å². The van der Waals surface area contributed by atoms with Crippen LogP contribution >= 0.6 is 11.3 Å². The number of fused-ring (bicyclic) bond motifs is 1. The van der Waals surface area contributed by atoms with Gasteiger partial charge in [-0.1, -0.05) is 0 Å². The monoisotopic (exact) mass is 401 g/mol. The van der Waals surface area contributed by atoms with Crippen molar-refractivity contribution in [3.8, 4) is 11.5 Å². The molecule has 1 saturated heterocycles. The molecule has 148 valence electrons. The first kappa shape index (κ1) is 18.7. The quantitative estimate of drug-likeness (QED) is 0.833. The number of methoxy groups -OCH3 is 2. The highest BCUT2D eigenvalue weighted by Gasteiger charge is 2.36. The molecule has 1 N–H and O–H groups in total. The zero-order valence-electron chi connectivity index (χ0n) is 16.0. The summed E-state index contributed by atoms with van der Waals surface area (Å²) in [6.45, 7) is 0.318. The molecule has 0 saturated carbocycles. The second-order valence-electron chi connectivity index (χ2n) is 7.03. The van der Waals surface area contributed by atoms with Crippen LogP contribution in [0.25, 0.3) is 0 Å². The summed E-state index contributed by atoms with van der Waals surface area (Å²) < 4.78 is 10.6. The van der Waals surface area contributed by atoms with Gasteiger partial charge in [0.15, 0.2) is 5.13 Å². The molecule has 7 nitrogen and oxygen atoms in total. The molecule has 2 amide bonds. The number of thiazole rings is 1. The highest BCUT2D eigenvalue weighted by atomic mass is 32.1. The van der Waals surface area contributed by atoms with E-state index in [2.05, 4.69) is 10.3 Å². The molecule has 1 aromatic heterocycles. The number of ether oxygens (including phenoxy) is 2. The van der Waals surface area contributed by atoms with Crippen molar-refractivity contribution >= 4 is 34.0 Å². The summed E-state index contributed by atoms with van der Waals surface area (Å²) in [6, 6.07) is 5.29. The van der Waals surface area contributed by atoms with Crippen LogP contribution in [0.3, 0.4) is 0 Å². The number of aromatic nitrogens is 1. The lowest BCUT2D eigenvalue weighted by molar-refractivity contribution is -0.122. The number of hydrogen-bond acceptors (Lipinski definition) is 6. The molecule has 1 atom stereocenters. The average molecular weight is 401 g/mol. The molecule has 2 aromatic rings. The number of anilines is 2. The van der Waals surface area contributed by atoms with E-state index in [0.29, 0.717) is 28.9 Å². The lowest BCUT2D eigenvalue weighted by Gasteiger charge is -2.20. The van der Waals surface area contributed by atoms with Crippen LogP contribution < -0.4 is 19.7 Å². The van der Waals surface area contributed by atoms with E-state index in [1.165, 1.54) is 11.3 Å².